The van der Waals surface area contributed by atoms with Crippen molar-refractivity contribution < 1.29 is 10.2 Å². The molecular weight excluding hydrogens is 408 g/mol. The second-order valence-electron chi connectivity index (χ2n) is 8.42. The molecule has 4 nitrogen and oxygen atoms in total. The summed E-state index contributed by atoms with van der Waals surface area (Å²) in [6, 6.07) is 31.7. The second kappa shape index (κ2) is 7.61. The van der Waals surface area contributed by atoms with Crippen molar-refractivity contribution in [2.75, 3.05) is 0 Å². The fourth-order valence-electron chi connectivity index (χ4n) is 4.49. The Morgan fingerprint density at radius 1 is 0.515 bits per heavy atom. The van der Waals surface area contributed by atoms with E-state index in [1.54, 1.807) is 12.1 Å². The molecule has 0 aliphatic rings. The molecular formula is C29H22N2O2. The number of H-pyrrole nitrogens is 2. The van der Waals surface area contributed by atoms with Crippen LogP contribution in [-0.2, 0) is 6.42 Å². The number of aromatic hydroxyl groups is 2. The van der Waals surface area contributed by atoms with Crippen LogP contribution < -0.4 is 0 Å². The van der Waals surface area contributed by atoms with Crippen molar-refractivity contribution in [1.29, 1.82) is 0 Å². The largest absolute Gasteiger partial charge is 0.507 e. The first-order chi connectivity index (χ1) is 16.1. The summed E-state index contributed by atoms with van der Waals surface area (Å²) in [5.74, 6) is 0.490. The van der Waals surface area contributed by atoms with E-state index >= 15 is 0 Å². The molecule has 4 aromatic carbocycles. The van der Waals surface area contributed by atoms with Crippen LogP contribution >= 0.6 is 0 Å². The third-order valence-corrected chi connectivity index (χ3v) is 6.17. The van der Waals surface area contributed by atoms with Gasteiger partial charge in [-0.25, -0.2) is 0 Å². The monoisotopic (exact) mass is 430 g/mol. The Balaban J connectivity index is 1.35. The number of phenols is 2. The van der Waals surface area contributed by atoms with Crippen LogP contribution in [0.3, 0.4) is 0 Å². The van der Waals surface area contributed by atoms with Gasteiger partial charge in [-0.1, -0.05) is 48.5 Å². The average molecular weight is 431 g/mol. The molecule has 0 saturated heterocycles. The fourth-order valence-corrected chi connectivity index (χ4v) is 4.49. The van der Waals surface area contributed by atoms with E-state index in [0.717, 1.165) is 55.4 Å². The number of rotatable bonds is 4. The number of aromatic amines is 2. The van der Waals surface area contributed by atoms with Crippen LogP contribution in [0.2, 0.25) is 0 Å². The summed E-state index contributed by atoms with van der Waals surface area (Å²) in [7, 11) is 0. The molecule has 2 aromatic heterocycles. The van der Waals surface area contributed by atoms with E-state index in [2.05, 4.69) is 34.2 Å². The van der Waals surface area contributed by atoms with Crippen molar-refractivity contribution in [1.82, 2.24) is 9.97 Å². The number of phenolic OH excluding ortho intramolecular Hbond substituents is 2. The minimum atomic E-state index is 0.245. The van der Waals surface area contributed by atoms with Gasteiger partial charge in [-0.05, 0) is 66.1 Å². The fraction of sp³-hybridized carbons (Fsp3) is 0.0345. The number of hydrogen-bond acceptors (Lipinski definition) is 2. The lowest BCUT2D eigenvalue weighted by Gasteiger charge is -2.09. The normalized spacial score (nSPS) is 11.4. The van der Waals surface area contributed by atoms with E-state index in [0.29, 0.717) is 6.42 Å². The van der Waals surface area contributed by atoms with E-state index < -0.39 is 0 Å². The Morgan fingerprint density at radius 3 is 1.42 bits per heavy atom. The first-order valence-corrected chi connectivity index (χ1v) is 10.9. The zero-order chi connectivity index (χ0) is 22.4. The first kappa shape index (κ1) is 19.3. The van der Waals surface area contributed by atoms with Gasteiger partial charge in [0.15, 0.2) is 0 Å². The quantitative estimate of drug-likeness (QED) is 0.243. The van der Waals surface area contributed by atoms with Gasteiger partial charge in [0.05, 0.1) is 11.4 Å². The van der Waals surface area contributed by atoms with Gasteiger partial charge in [-0.15, -0.1) is 0 Å². The highest BCUT2D eigenvalue weighted by atomic mass is 16.3. The van der Waals surface area contributed by atoms with E-state index in [1.807, 2.05) is 60.7 Å². The Morgan fingerprint density at radius 2 is 0.970 bits per heavy atom. The zero-order valence-electron chi connectivity index (χ0n) is 17.8. The van der Waals surface area contributed by atoms with E-state index in [-0.39, 0.29) is 11.5 Å². The van der Waals surface area contributed by atoms with Crippen LogP contribution in [0.1, 0.15) is 11.1 Å². The summed E-state index contributed by atoms with van der Waals surface area (Å²) in [5.41, 5.74) is 7.57. The Kier molecular flexibility index (Phi) is 4.44. The predicted molar refractivity (Wildman–Crippen MR) is 134 cm³/mol. The summed E-state index contributed by atoms with van der Waals surface area (Å²) in [6.07, 6.45) is 0.682. The van der Waals surface area contributed by atoms with Crippen molar-refractivity contribution in [3.63, 3.8) is 0 Å². The molecule has 4 heteroatoms. The third kappa shape index (κ3) is 3.52. The lowest BCUT2D eigenvalue weighted by atomic mass is 9.98. The summed E-state index contributed by atoms with van der Waals surface area (Å²) >= 11 is 0. The maximum Gasteiger partial charge on any atom is 0.124 e. The molecule has 0 atom stereocenters. The molecule has 0 radical (unpaired) electrons. The Labute approximate surface area is 190 Å². The molecule has 0 unspecified atom stereocenters. The molecule has 0 spiro atoms. The number of fused-ring (bicyclic) bond motifs is 2. The summed E-state index contributed by atoms with van der Waals surface area (Å²) in [4.78, 5) is 6.79. The van der Waals surface area contributed by atoms with Crippen molar-refractivity contribution >= 4 is 21.8 Å². The highest BCUT2D eigenvalue weighted by molar-refractivity contribution is 5.88. The topological polar surface area (TPSA) is 72.0 Å². The van der Waals surface area contributed by atoms with Crippen molar-refractivity contribution in [3.05, 3.63) is 108 Å². The lowest BCUT2D eigenvalue weighted by Crippen LogP contribution is -1.91. The maximum atomic E-state index is 10.5. The molecule has 2 heterocycles. The van der Waals surface area contributed by atoms with Crippen molar-refractivity contribution in [2.45, 2.75) is 6.42 Å². The molecule has 0 aliphatic carbocycles. The number of para-hydroxylation sites is 2. The molecule has 6 aromatic rings. The molecule has 0 aliphatic heterocycles. The predicted octanol–water partition coefficient (Wildman–Crippen LogP) is 6.99. The van der Waals surface area contributed by atoms with E-state index in [9.17, 15) is 10.2 Å². The number of hydrogen-bond donors (Lipinski definition) is 4. The van der Waals surface area contributed by atoms with Crippen LogP contribution in [0, 0.1) is 0 Å². The molecule has 0 saturated carbocycles. The molecule has 0 bridgehead atoms. The van der Waals surface area contributed by atoms with Gasteiger partial charge in [0.25, 0.3) is 0 Å². The van der Waals surface area contributed by atoms with Crippen molar-refractivity contribution in [2.24, 2.45) is 0 Å². The van der Waals surface area contributed by atoms with Crippen LogP contribution in [0.4, 0.5) is 0 Å². The van der Waals surface area contributed by atoms with Gasteiger partial charge < -0.3 is 20.2 Å². The van der Waals surface area contributed by atoms with Gasteiger partial charge in [-0.2, -0.15) is 0 Å². The number of benzene rings is 4. The highest BCUT2D eigenvalue weighted by Crippen LogP contribution is 2.35. The minimum Gasteiger partial charge on any atom is -0.507 e. The Hall–Kier alpha value is -4.44. The minimum absolute atomic E-state index is 0.245. The Bertz CT molecular complexity index is 1440. The summed E-state index contributed by atoms with van der Waals surface area (Å²) in [6.45, 7) is 0. The second-order valence-corrected chi connectivity index (χ2v) is 8.42. The van der Waals surface area contributed by atoms with Crippen molar-refractivity contribution in [3.8, 4) is 34.0 Å². The standard InChI is InChI=1S/C29H22N2O2/c32-28-11-9-18(14-22(28)26-16-20-5-1-3-7-24(20)30-26)13-19-10-12-29(33)23(15-19)27-17-21-6-2-4-8-25(21)31-27/h1-12,14-17,30-33H,13H2. The van der Waals surface area contributed by atoms with Gasteiger partial charge >= 0.3 is 0 Å². The van der Waals surface area contributed by atoms with E-state index in [4.69, 9.17) is 0 Å². The third-order valence-electron chi connectivity index (χ3n) is 6.17. The average Bonchev–Trinajstić information content (AvgIpc) is 3.45. The van der Waals surface area contributed by atoms with Gasteiger partial charge in [0.1, 0.15) is 11.5 Å². The van der Waals surface area contributed by atoms with Gasteiger partial charge in [0, 0.05) is 32.9 Å². The number of nitrogens with one attached hydrogen (secondary N) is 2. The lowest BCUT2D eigenvalue weighted by molar-refractivity contribution is 0.476. The van der Waals surface area contributed by atoms with Crippen LogP contribution in [-0.4, -0.2) is 20.2 Å². The zero-order valence-corrected chi connectivity index (χ0v) is 17.8. The number of aromatic nitrogens is 2. The molecule has 0 fully saturated rings. The molecule has 160 valence electrons. The first-order valence-electron chi connectivity index (χ1n) is 10.9. The molecule has 0 amide bonds. The molecule has 33 heavy (non-hydrogen) atoms. The summed E-state index contributed by atoms with van der Waals surface area (Å²) in [5, 5.41) is 23.3. The van der Waals surface area contributed by atoms with Gasteiger partial charge in [0.2, 0.25) is 0 Å². The molecule has 6 rings (SSSR count). The maximum absolute atomic E-state index is 10.5. The SMILES string of the molecule is Oc1ccc(Cc2ccc(O)c(-c3cc4ccccc4[nH]3)c2)cc1-c1cc2ccccc2[nH]1. The van der Waals surface area contributed by atoms with Crippen LogP contribution in [0.25, 0.3) is 44.3 Å². The van der Waals surface area contributed by atoms with Crippen LogP contribution in [0.15, 0.2) is 97.1 Å². The smallest absolute Gasteiger partial charge is 0.124 e. The van der Waals surface area contributed by atoms with E-state index in [1.165, 1.54) is 0 Å². The van der Waals surface area contributed by atoms with Crippen LogP contribution in [0.5, 0.6) is 11.5 Å². The van der Waals surface area contributed by atoms with Gasteiger partial charge in [-0.3, -0.25) is 0 Å². The summed E-state index contributed by atoms with van der Waals surface area (Å²) < 4.78 is 0. The molecule has 4 N–H and O–H groups in total. The highest BCUT2D eigenvalue weighted by Gasteiger charge is 2.12.